The van der Waals surface area contributed by atoms with Crippen molar-refractivity contribution in [1.29, 1.82) is 0 Å². The SMILES string of the molecule is N/C(=N/OC(=O)C[C@@H]1C[C@H]2CC[C@@H]1C2)c1ccc([N+](=O)[O-])cc1. The summed E-state index contributed by atoms with van der Waals surface area (Å²) in [4.78, 5) is 26.9. The van der Waals surface area contributed by atoms with Crippen molar-refractivity contribution < 1.29 is 14.6 Å². The second-order valence-electron chi connectivity index (χ2n) is 6.38. The topological polar surface area (TPSA) is 108 Å². The number of nitro benzene ring substituents is 1. The van der Waals surface area contributed by atoms with Crippen LogP contribution in [-0.2, 0) is 9.63 Å². The van der Waals surface area contributed by atoms with Crippen molar-refractivity contribution in [2.45, 2.75) is 32.1 Å². The lowest BCUT2D eigenvalue weighted by molar-refractivity contribution is -0.384. The highest BCUT2D eigenvalue weighted by Crippen LogP contribution is 2.49. The number of nitro groups is 1. The third kappa shape index (κ3) is 3.49. The number of hydrogen-bond acceptors (Lipinski definition) is 5. The van der Waals surface area contributed by atoms with Crippen molar-refractivity contribution in [2.75, 3.05) is 0 Å². The van der Waals surface area contributed by atoms with Gasteiger partial charge in [-0.05, 0) is 49.1 Å². The lowest BCUT2D eigenvalue weighted by atomic mass is 9.86. The van der Waals surface area contributed by atoms with Crippen LogP contribution in [0.3, 0.4) is 0 Å². The number of nitrogens with two attached hydrogens (primary N) is 1. The highest BCUT2D eigenvalue weighted by Gasteiger charge is 2.40. The number of rotatable bonds is 5. The molecule has 23 heavy (non-hydrogen) atoms. The lowest BCUT2D eigenvalue weighted by Crippen LogP contribution is -2.18. The molecule has 0 amide bonds. The number of oxime groups is 1. The van der Waals surface area contributed by atoms with Crippen LogP contribution in [0.15, 0.2) is 29.4 Å². The van der Waals surface area contributed by atoms with Gasteiger partial charge in [0.05, 0.1) is 11.3 Å². The van der Waals surface area contributed by atoms with E-state index in [4.69, 9.17) is 10.6 Å². The van der Waals surface area contributed by atoms with Gasteiger partial charge in [-0.3, -0.25) is 10.1 Å². The fourth-order valence-corrected chi connectivity index (χ4v) is 3.78. The van der Waals surface area contributed by atoms with Crippen LogP contribution in [0.4, 0.5) is 5.69 Å². The number of non-ortho nitro benzene ring substituents is 1. The fraction of sp³-hybridized carbons (Fsp3) is 0.500. The second-order valence-corrected chi connectivity index (χ2v) is 6.38. The molecule has 122 valence electrons. The van der Waals surface area contributed by atoms with Gasteiger partial charge < -0.3 is 10.6 Å². The van der Waals surface area contributed by atoms with Crippen LogP contribution >= 0.6 is 0 Å². The number of carbonyl (C=O) groups excluding carboxylic acids is 1. The summed E-state index contributed by atoms with van der Waals surface area (Å²) in [5, 5.41) is 14.2. The Morgan fingerprint density at radius 3 is 2.61 bits per heavy atom. The zero-order chi connectivity index (χ0) is 16.4. The van der Waals surface area contributed by atoms with E-state index in [1.54, 1.807) is 0 Å². The van der Waals surface area contributed by atoms with E-state index in [0.29, 0.717) is 23.8 Å². The normalized spacial score (nSPS) is 26.3. The van der Waals surface area contributed by atoms with E-state index < -0.39 is 4.92 Å². The lowest BCUT2D eigenvalue weighted by Gasteiger charge is -2.19. The third-order valence-electron chi connectivity index (χ3n) is 4.93. The zero-order valence-corrected chi connectivity index (χ0v) is 12.7. The average molecular weight is 317 g/mol. The molecule has 0 radical (unpaired) electrons. The van der Waals surface area contributed by atoms with Gasteiger partial charge in [0.2, 0.25) is 0 Å². The van der Waals surface area contributed by atoms with Crippen molar-refractivity contribution in [3.8, 4) is 0 Å². The van der Waals surface area contributed by atoms with Crippen molar-refractivity contribution >= 4 is 17.5 Å². The molecule has 0 aliphatic heterocycles. The molecule has 3 atom stereocenters. The van der Waals surface area contributed by atoms with E-state index in [-0.39, 0.29) is 17.5 Å². The summed E-state index contributed by atoms with van der Waals surface area (Å²) in [6, 6.07) is 5.60. The number of carbonyl (C=O) groups is 1. The molecule has 3 rings (SSSR count). The molecule has 2 aliphatic rings. The predicted molar refractivity (Wildman–Crippen MR) is 83.5 cm³/mol. The molecule has 2 saturated carbocycles. The van der Waals surface area contributed by atoms with Crippen LogP contribution in [0.25, 0.3) is 0 Å². The minimum Gasteiger partial charge on any atom is -0.380 e. The number of fused-ring (bicyclic) bond motifs is 2. The first-order valence-corrected chi connectivity index (χ1v) is 7.81. The number of nitrogens with zero attached hydrogens (tertiary/aromatic N) is 2. The highest BCUT2D eigenvalue weighted by molar-refractivity contribution is 5.97. The Bertz CT molecular complexity index is 641. The molecule has 0 spiro atoms. The Morgan fingerprint density at radius 1 is 1.30 bits per heavy atom. The molecule has 2 fully saturated rings. The largest absolute Gasteiger partial charge is 0.380 e. The Hall–Kier alpha value is -2.44. The molecule has 2 bridgehead atoms. The standard InChI is InChI=1S/C16H19N3O4/c17-16(11-3-5-14(6-4-11)19(21)22)18-23-15(20)9-13-8-10-1-2-12(13)7-10/h3-6,10,12-13H,1-2,7-9H2,(H2,17,18)/t10-,12+,13-/m0/s1. The van der Waals surface area contributed by atoms with Gasteiger partial charge in [0.25, 0.3) is 5.69 Å². The van der Waals surface area contributed by atoms with Gasteiger partial charge in [0, 0.05) is 17.7 Å². The van der Waals surface area contributed by atoms with Gasteiger partial charge in [-0.15, -0.1) is 0 Å². The van der Waals surface area contributed by atoms with Crippen molar-refractivity contribution in [3.63, 3.8) is 0 Å². The van der Waals surface area contributed by atoms with E-state index in [9.17, 15) is 14.9 Å². The fourth-order valence-electron chi connectivity index (χ4n) is 3.78. The summed E-state index contributed by atoms with van der Waals surface area (Å²) in [7, 11) is 0. The minimum absolute atomic E-state index is 0.0289. The summed E-state index contributed by atoms with van der Waals surface area (Å²) >= 11 is 0. The first-order chi connectivity index (χ1) is 11.0. The van der Waals surface area contributed by atoms with Crippen LogP contribution in [0.2, 0.25) is 0 Å². The Morgan fingerprint density at radius 2 is 2.04 bits per heavy atom. The third-order valence-corrected chi connectivity index (χ3v) is 4.93. The highest BCUT2D eigenvalue weighted by atomic mass is 16.7. The number of benzene rings is 1. The maximum Gasteiger partial charge on any atom is 0.335 e. The Balaban J connectivity index is 1.54. The molecule has 0 heterocycles. The quantitative estimate of drug-likeness (QED) is 0.295. The summed E-state index contributed by atoms with van der Waals surface area (Å²) < 4.78 is 0. The Labute approximate surface area is 133 Å². The molecule has 1 aromatic carbocycles. The summed E-state index contributed by atoms with van der Waals surface area (Å²) in [5.41, 5.74) is 6.18. The molecule has 2 N–H and O–H groups in total. The van der Waals surface area contributed by atoms with Crippen molar-refractivity contribution in [2.24, 2.45) is 28.6 Å². The molecule has 0 unspecified atom stereocenters. The van der Waals surface area contributed by atoms with Crippen LogP contribution in [0.5, 0.6) is 0 Å². The molecular formula is C16H19N3O4. The molecular weight excluding hydrogens is 298 g/mol. The van der Waals surface area contributed by atoms with Gasteiger partial charge in [0.15, 0.2) is 5.84 Å². The predicted octanol–water partition coefficient (Wildman–Crippen LogP) is 2.58. The van der Waals surface area contributed by atoms with Gasteiger partial charge in [0.1, 0.15) is 0 Å². The van der Waals surface area contributed by atoms with Crippen molar-refractivity contribution in [3.05, 3.63) is 39.9 Å². The molecule has 7 heteroatoms. The van der Waals surface area contributed by atoms with Crippen LogP contribution in [0, 0.1) is 27.9 Å². The van der Waals surface area contributed by atoms with Crippen LogP contribution < -0.4 is 5.73 Å². The first kappa shape index (κ1) is 15.5. The van der Waals surface area contributed by atoms with E-state index in [1.165, 1.54) is 43.5 Å². The summed E-state index contributed by atoms with van der Waals surface area (Å²) in [5.74, 6) is 1.51. The van der Waals surface area contributed by atoms with Crippen molar-refractivity contribution in [1.82, 2.24) is 0 Å². The average Bonchev–Trinajstić information content (AvgIpc) is 3.15. The van der Waals surface area contributed by atoms with E-state index in [2.05, 4.69) is 5.16 Å². The summed E-state index contributed by atoms with van der Waals surface area (Å²) in [6.07, 6.45) is 5.25. The van der Waals surface area contributed by atoms with E-state index in [1.807, 2.05) is 0 Å². The summed E-state index contributed by atoms with van der Waals surface area (Å²) in [6.45, 7) is 0. The van der Waals surface area contributed by atoms with E-state index >= 15 is 0 Å². The smallest absolute Gasteiger partial charge is 0.335 e. The van der Waals surface area contributed by atoms with Crippen LogP contribution in [0.1, 0.15) is 37.7 Å². The maximum absolute atomic E-state index is 11.9. The molecule has 0 saturated heterocycles. The number of hydrogen-bond donors (Lipinski definition) is 1. The van der Waals surface area contributed by atoms with E-state index in [0.717, 1.165) is 12.3 Å². The van der Waals surface area contributed by atoms with Gasteiger partial charge in [-0.25, -0.2) is 4.79 Å². The number of amidine groups is 1. The molecule has 2 aliphatic carbocycles. The van der Waals surface area contributed by atoms with Gasteiger partial charge in [-0.1, -0.05) is 11.6 Å². The zero-order valence-electron chi connectivity index (χ0n) is 12.7. The first-order valence-electron chi connectivity index (χ1n) is 7.81. The molecule has 0 aromatic heterocycles. The van der Waals surface area contributed by atoms with Gasteiger partial charge in [-0.2, -0.15) is 0 Å². The maximum atomic E-state index is 11.9. The Kier molecular flexibility index (Phi) is 4.27. The molecule has 1 aromatic rings. The monoisotopic (exact) mass is 317 g/mol. The minimum atomic E-state index is -0.494. The molecule has 7 nitrogen and oxygen atoms in total. The van der Waals surface area contributed by atoms with Crippen LogP contribution in [-0.4, -0.2) is 16.7 Å². The second kappa shape index (κ2) is 6.36. The van der Waals surface area contributed by atoms with Gasteiger partial charge >= 0.3 is 5.97 Å².